The molecule has 8 heteroatoms. The number of aromatic hydroxyl groups is 1. The maximum absolute atomic E-state index is 13.1. The van der Waals surface area contributed by atoms with Crippen LogP contribution in [0.15, 0.2) is 51.8 Å². The number of rotatable bonds is 3. The molecule has 25 heavy (non-hydrogen) atoms. The van der Waals surface area contributed by atoms with Gasteiger partial charge in [0, 0.05) is 23.0 Å². The number of sulfonamides is 1. The monoisotopic (exact) mass is 425 g/mol. The van der Waals surface area contributed by atoms with Gasteiger partial charge in [0.05, 0.1) is 12.0 Å². The fraction of sp³-hybridized carbons (Fsp3) is 0.235. The minimum absolute atomic E-state index is 0.0109. The molecule has 132 valence electrons. The predicted octanol–water partition coefficient (Wildman–Crippen LogP) is 2.44. The molecule has 0 amide bonds. The molecule has 2 aromatic carbocycles. The van der Waals surface area contributed by atoms with Crippen molar-refractivity contribution in [2.24, 2.45) is 0 Å². The van der Waals surface area contributed by atoms with Crippen LogP contribution in [-0.4, -0.2) is 37.0 Å². The van der Waals surface area contributed by atoms with E-state index in [0.29, 0.717) is 5.56 Å². The number of carbonyl (C=O) groups is 1. The number of phenols is 1. The molecule has 0 bridgehead atoms. The lowest BCUT2D eigenvalue weighted by Gasteiger charge is -2.34. The van der Waals surface area contributed by atoms with Gasteiger partial charge < -0.3 is 9.84 Å². The molecule has 1 aliphatic heterocycles. The van der Waals surface area contributed by atoms with Crippen LogP contribution in [0.2, 0.25) is 0 Å². The lowest BCUT2D eigenvalue weighted by Crippen LogP contribution is -2.49. The smallest absolute Gasteiger partial charge is 0.324 e. The molecule has 0 radical (unpaired) electrons. The minimum atomic E-state index is -3.94. The van der Waals surface area contributed by atoms with Crippen LogP contribution in [0.4, 0.5) is 0 Å². The molecule has 0 aliphatic carbocycles. The average molecular weight is 426 g/mol. The maximum Gasteiger partial charge on any atom is 0.324 e. The van der Waals surface area contributed by atoms with Gasteiger partial charge in [0.2, 0.25) is 10.0 Å². The fourth-order valence-electron chi connectivity index (χ4n) is 2.90. The summed E-state index contributed by atoms with van der Waals surface area (Å²) >= 11 is 3.27. The Balaban J connectivity index is 2.09. The van der Waals surface area contributed by atoms with Gasteiger partial charge in [-0.15, -0.1) is 0 Å². The fourth-order valence-corrected chi connectivity index (χ4v) is 4.71. The summed E-state index contributed by atoms with van der Waals surface area (Å²) in [5, 5.41) is 10.1. The van der Waals surface area contributed by atoms with Crippen LogP contribution in [0, 0.1) is 0 Å². The van der Waals surface area contributed by atoms with Crippen molar-refractivity contribution >= 4 is 31.9 Å². The van der Waals surface area contributed by atoms with Crippen molar-refractivity contribution in [3.8, 4) is 5.75 Å². The van der Waals surface area contributed by atoms with Crippen LogP contribution in [0.25, 0.3) is 0 Å². The number of hydrogen-bond donors (Lipinski definition) is 1. The second-order valence-corrected chi connectivity index (χ2v) is 8.47. The molecule has 0 fully saturated rings. The second-order valence-electron chi connectivity index (χ2n) is 5.66. The highest BCUT2D eigenvalue weighted by molar-refractivity contribution is 9.10. The summed E-state index contributed by atoms with van der Waals surface area (Å²) in [5.74, 6) is -0.619. The van der Waals surface area contributed by atoms with Crippen LogP contribution in [0.5, 0.6) is 5.75 Å². The first-order chi connectivity index (χ1) is 11.8. The van der Waals surface area contributed by atoms with Crippen LogP contribution in [-0.2, 0) is 32.5 Å². The Morgan fingerprint density at radius 1 is 1.24 bits per heavy atom. The number of hydrogen-bond acceptors (Lipinski definition) is 5. The molecule has 1 N–H and O–H groups in total. The van der Waals surface area contributed by atoms with E-state index in [-0.39, 0.29) is 23.6 Å². The maximum atomic E-state index is 13.1. The number of methoxy groups -OCH3 is 1. The Labute approximate surface area is 154 Å². The van der Waals surface area contributed by atoms with E-state index < -0.39 is 22.0 Å². The first-order valence-electron chi connectivity index (χ1n) is 7.49. The zero-order valence-corrected chi connectivity index (χ0v) is 15.7. The summed E-state index contributed by atoms with van der Waals surface area (Å²) < 4.78 is 32.8. The number of carbonyl (C=O) groups excluding carboxylic acids is 1. The summed E-state index contributed by atoms with van der Waals surface area (Å²) in [4.78, 5) is 12.3. The zero-order valence-electron chi connectivity index (χ0n) is 13.3. The molecule has 0 saturated carbocycles. The SMILES string of the molecule is COC(=O)[C@H]1Cc2cccc(O)c2CN1S(=O)(=O)c1ccc(Br)cc1. The summed E-state index contributed by atoms with van der Waals surface area (Å²) in [7, 11) is -2.72. The molecule has 1 heterocycles. The van der Waals surface area contributed by atoms with Crippen LogP contribution < -0.4 is 0 Å². The number of nitrogens with zero attached hydrogens (tertiary/aromatic N) is 1. The second kappa shape index (κ2) is 6.78. The van der Waals surface area contributed by atoms with E-state index in [2.05, 4.69) is 15.9 Å². The predicted molar refractivity (Wildman–Crippen MR) is 94.5 cm³/mol. The third-order valence-corrected chi connectivity index (χ3v) is 6.61. The van der Waals surface area contributed by atoms with E-state index in [1.54, 1.807) is 24.3 Å². The Kier molecular flexibility index (Phi) is 4.86. The van der Waals surface area contributed by atoms with E-state index in [4.69, 9.17) is 4.74 Å². The number of halogens is 1. The van der Waals surface area contributed by atoms with Gasteiger partial charge in [0.25, 0.3) is 0 Å². The normalized spacial score (nSPS) is 17.8. The molecular weight excluding hydrogens is 410 g/mol. The van der Waals surface area contributed by atoms with Crippen molar-refractivity contribution < 1.29 is 23.1 Å². The first-order valence-corrected chi connectivity index (χ1v) is 9.73. The highest BCUT2D eigenvalue weighted by Crippen LogP contribution is 2.34. The van der Waals surface area contributed by atoms with E-state index >= 15 is 0 Å². The quantitative estimate of drug-likeness (QED) is 0.763. The zero-order chi connectivity index (χ0) is 18.2. The molecule has 3 rings (SSSR count). The highest BCUT2D eigenvalue weighted by Gasteiger charge is 2.41. The van der Waals surface area contributed by atoms with Crippen LogP contribution >= 0.6 is 15.9 Å². The van der Waals surface area contributed by atoms with Gasteiger partial charge in [-0.25, -0.2) is 8.42 Å². The molecule has 0 unspecified atom stereocenters. The molecule has 2 aromatic rings. The van der Waals surface area contributed by atoms with Crippen molar-refractivity contribution in [2.75, 3.05) is 7.11 Å². The summed E-state index contributed by atoms with van der Waals surface area (Å²) in [5.41, 5.74) is 1.24. The number of esters is 1. The lowest BCUT2D eigenvalue weighted by molar-refractivity contribution is -0.145. The molecular formula is C17H16BrNO5S. The van der Waals surface area contributed by atoms with Gasteiger partial charge in [-0.1, -0.05) is 28.1 Å². The van der Waals surface area contributed by atoms with E-state index in [1.165, 1.54) is 25.3 Å². The summed E-state index contributed by atoms with van der Waals surface area (Å²) in [6.45, 7) is -0.0971. The largest absolute Gasteiger partial charge is 0.508 e. The van der Waals surface area contributed by atoms with Gasteiger partial charge in [-0.2, -0.15) is 4.31 Å². The standard InChI is InChI=1S/C17H16BrNO5S/c1-24-17(21)15-9-11-3-2-4-16(20)14(11)10-19(15)25(22,23)13-7-5-12(18)6-8-13/h2-8,15,20H,9-10H2,1H3/t15-/m1/s1. The highest BCUT2D eigenvalue weighted by atomic mass is 79.9. The van der Waals surface area contributed by atoms with Gasteiger partial charge >= 0.3 is 5.97 Å². The Hall–Kier alpha value is -1.90. The molecule has 0 spiro atoms. The van der Waals surface area contributed by atoms with Gasteiger partial charge in [-0.05, 0) is 35.9 Å². The van der Waals surface area contributed by atoms with Gasteiger partial charge in [0.1, 0.15) is 11.8 Å². The molecule has 6 nitrogen and oxygen atoms in total. The number of phenolic OH excluding ortho intramolecular Hbond substituents is 1. The molecule has 1 aliphatic rings. The Bertz CT molecular complexity index is 911. The lowest BCUT2D eigenvalue weighted by atomic mass is 9.95. The van der Waals surface area contributed by atoms with Crippen molar-refractivity contribution in [1.82, 2.24) is 4.31 Å². The van der Waals surface area contributed by atoms with E-state index in [1.807, 2.05) is 0 Å². The number of benzene rings is 2. The van der Waals surface area contributed by atoms with Crippen molar-refractivity contribution in [3.05, 3.63) is 58.1 Å². The minimum Gasteiger partial charge on any atom is -0.508 e. The summed E-state index contributed by atoms with van der Waals surface area (Å²) in [6.07, 6.45) is 0.145. The van der Waals surface area contributed by atoms with Crippen molar-refractivity contribution in [1.29, 1.82) is 0 Å². The molecule has 0 aromatic heterocycles. The number of ether oxygens (including phenoxy) is 1. The average Bonchev–Trinajstić information content (AvgIpc) is 2.60. The first kappa shape index (κ1) is 17.9. The Morgan fingerprint density at radius 2 is 1.92 bits per heavy atom. The molecule has 0 saturated heterocycles. The Morgan fingerprint density at radius 3 is 2.56 bits per heavy atom. The summed E-state index contributed by atoms with van der Waals surface area (Å²) in [6, 6.07) is 10.1. The van der Waals surface area contributed by atoms with Crippen molar-refractivity contribution in [2.45, 2.75) is 23.9 Å². The van der Waals surface area contributed by atoms with Gasteiger partial charge in [-0.3, -0.25) is 4.79 Å². The van der Waals surface area contributed by atoms with Gasteiger partial charge in [0.15, 0.2) is 0 Å². The third-order valence-electron chi connectivity index (χ3n) is 4.22. The third kappa shape index (κ3) is 3.29. The number of fused-ring (bicyclic) bond motifs is 1. The van der Waals surface area contributed by atoms with Crippen LogP contribution in [0.3, 0.4) is 0 Å². The topological polar surface area (TPSA) is 83.9 Å². The van der Waals surface area contributed by atoms with E-state index in [9.17, 15) is 18.3 Å². The molecule has 1 atom stereocenters. The van der Waals surface area contributed by atoms with Crippen molar-refractivity contribution in [3.63, 3.8) is 0 Å². The van der Waals surface area contributed by atoms with Crippen LogP contribution in [0.1, 0.15) is 11.1 Å². The van der Waals surface area contributed by atoms with E-state index in [0.717, 1.165) is 14.3 Å².